The van der Waals surface area contributed by atoms with Crippen molar-refractivity contribution in [2.75, 3.05) is 0 Å². The molecule has 1 atom stereocenters. The maximum atomic E-state index is 13.0. The molecule has 0 aromatic heterocycles. The second-order valence-corrected chi connectivity index (χ2v) is 6.85. The molecule has 118 valence electrons. The minimum atomic E-state index is 0.208. The lowest BCUT2D eigenvalue weighted by Gasteiger charge is -2.34. The first-order chi connectivity index (χ1) is 11.3. The van der Waals surface area contributed by atoms with Gasteiger partial charge in [0.2, 0.25) is 0 Å². The van der Waals surface area contributed by atoms with Crippen molar-refractivity contribution in [3.63, 3.8) is 0 Å². The smallest absolute Gasteiger partial charge is 0.255 e. The van der Waals surface area contributed by atoms with Crippen molar-refractivity contribution < 1.29 is 4.79 Å². The molecule has 23 heavy (non-hydrogen) atoms. The van der Waals surface area contributed by atoms with Crippen LogP contribution in [0.4, 0.5) is 0 Å². The van der Waals surface area contributed by atoms with Gasteiger partial charge in [-0.3, -0.25) is 4.79 Å². The van der Waals surface area contributed by atoms with Gasteiger partial charge in [0.05, 0.1) is 6.04 Å². The Hall–Kier alpha value is -2.09. The Morgan fingerprint density at radius 1 is 0.870 bits per heavy atom. The Labute approximate surface area is 138 Å². The standard InChI is InChI=1S/C21H23NO/c23-21-19-14-8-7-13-18(19)20(17-11-5-2-6-12-17)22(21)15-16-9-3-1-4-10-16/h1,3-4,7-10,13-14,17,20H,2,5-6,11-12,15H2. The first-order valence-corrected chi connectivity index (χ1v) is 8.78. The summed E-state index contributed by atoms with van der Waals surface area (Å²) in [5.41, 5.74) is 3.38. The largest absolute Gasteiger partial charge is 0.327 e. The second kappa shape index (κ2) is 6.19. The number of nitrogens with zero attached hydrogens (tertiary/aromatic N) is 1. The van der Waals surface area contributed by atoms with Crippen molar-refractivity contribution in [1.29, 1.82) is 0 Å². The number of hydrogen-bond donors (Lipinski definition) is 0. The number of rotatable bonds is 3. The summed E-state index contributed by atoms with van der Waals surface area (Å²) in [7, 11) is 0. The normalized spacial score (nSPS) is 21.5. The zero-order valence-corrected chi connectivity index (χ0v) is 13.4. The van der Waals surface area contributed by atoms with E-state index in [1.54, 1.807) is 0 Å². The van der Waals surface area contributed by atoms with E-state index in [-0.39, 0.29) is 11.9 Å². The van der Waals surface area contributed by atoms with E-state index in [1.807, 2.05) is 18.2 Å². The molecule has 1 saturated carbocycles. The van der Waals surface area contributed by atoms with E-state index in [0.717, 1.165) is 12.1 Å². The molecule has 0 bridgehead atoms. The second-order valence-electron chi connectivity index (χ2n) is 6.85. The third-order valence-electron chi connectivity index (χ3n) is 5.40. The minimum Gasteiger partial charge on any atom is -0.327 e. The summed E-state index contributed by atoms with van der Waals surface area (Å²) >= 11 is 0. The van der Waals surface area contributed by atoms with E-state index in [4.69, 9.17) is 0 Å². The summed E-state index contributed by atoms with van der Waals surface area (Å²) in [4.78, 5) is 15.1. The van der Waals surface area contributed by atoms with Crippen molar-refractivity contribution in [2.45, 2.75) is 44.7 Å². The molecule has 0 N–H and O–H groups in total. The monoisotopic (exact) mass is 305 g/mol. The van der Waals surface area contributed by atoms with E-state index in [1.165, 1.54) is 43.2 Å². The quantitative estimate of drug-likeness (QED) is 0.784. The summed E-state index contributed by atoms with van der Waals surface area (Å²) in [5, 5.41) is 0. The first-order valence-electron chi connectivity index (χ1n) is 8.78. The van der Waals surface area contributed by atoms with Crippen LogP contribution < -0.4 is 0 Å². The summed E-state index contributed by atoms with van der Waals surface area (Å²) < 4.78 is 0. The molecule has 0 saturated heterocycles. The molecule has 1 unspecified atom stereocenters. The number of amides is 1. The van der Waals surface area contributed by atoms with Crippen molar-refractivity contribution in [2.24, 2.45) is 5.92 Å². The Kier molecular flexibility index (Phi) is 3.90. The van der Waals surface area contributed by atoms with Gasteiger partial charge in [0.25, 0.3) is 5.91 Å². The number of hydrogen-bond acceptors (Lipinski definition) is 1. The summed E-state index contributed by atoms with van der Waals surface area (Å²) in [5.74, 6) is 0.820. The molecule has 2 aromatic carbocycles. The predicted molar refractivity (Wildman–Crippen MR) is 92.1 cm³/mol. The molecule has 1 aliphatic heterocycles. The van der Waals surface area contributed by atoms with Crippen molar-refractivity contribution in [1.82, 2.24) is 4.90 Å². The summed E-state index contributed by atoms with van der Waals surface area (Å²) in [6.45, 7) is 0.718. The maximum Gasteiger partial charge on any atom is 0.255 e. The SMILES string of the molecule is O=C1c2ccccc2C(C2CCCCC2)N1Cc1ccccc1. The highest BCUT2D eigenvalue weighted by Gasteiger charge is 2.40. The highest BCUT2D eigenvalue weighted by molar-refractivity contribution is 5.99. The topological polar surface area (TPSA) is 20.3 Å². The molecule has 4 rings (SSSR count). The number of carbonyl (C=O) groups excluding carboxylic acids is 1. The average Bonchev–Trinajstić information content (AvgIpc) is 2.89. The fraction of sp³-hybridized carbons (Fsp3) is 0.381. The summed E-state index contributed by atoms with van der Waals surface area (Å²) in [6.07, 6.45) is 6.44. The van der Waals surface area contributed by atoms with Crippen LogP contribution in [0.2, 0.25) is 0 Å². The van der Waals surface area contributed by atoms with E-state index in [2.05, 4.69) is 41.3 Å². The van der Waals surface area contributed by atoms with Crippen LogP contribution in [0.1, 0.15) is 59.6 Å². The fourth-order valence-corrected chi connectivity index (χ4v) is 4.31. The van der Waals surface area contributed by atoms with Crippen molar-refractivity contribution in [3.05, 3.63) is 71.3 Å². The zero-order valence-electron chi connectivity index (χ0n) is 13.4. The zero-order chi connectivity index (χ0) is 15.6. The van der Waals surface area contributed by atoms with Gasteiger partial charge in [-0.2, -0.15) is 0 Å². The lowest BCUT2D eigenvalue weighted by Crippen LogP contribution is -2.32. The van der Waals surface area contributed by atoms with Gasteiger partial charge >= 0.3 is 0 Å². The molecule has 1 amide bonds. The Morgan fingerprint density at radius 3 is 2.35 bits per heavy atom. The highest BCUT2D eigenvalue weighted by atomic mass is 16.2. The van der Waals surface area contributed by atoms with Crippen LogP contribution in [0.15, 0.2) is 54.6 Å². The molecule has 0 spiro atoms. The molecule has 2 aromatic rings. The van der Waals surface area contributed by atoms with Gasteiger partial charge in [0.1, 0.15) is 0 Å². The van der Waals surface area contributed by atoms with Crippen LogP contribution in [0.5, 0.6) is 0 Å². The molecule has 0 radical (unpaired) electrons. The highest BCUT2D eigenvalue weighted by Crippen LogP contribution is 2.44. The van der Waals surface area contributed by atoms with Gasteiger partial charge in [0.15, 0.2) is 0 Å². The molecular weight excluding hydrogens is 282 g/mol. The van der Waals surface area contributed by atoms with E-state index >= 15 is 0 Å². The van der Waals surface area contributed by atoms with Crippen LogP contribution in [-0.2, 0) is 6.54 Å². The Balaban J connectivity index is 1.69. The fourth-order valence-electron chi connectivity index (χ4n) is 4.31. The average molecular weight is 305 g/mol. The molecule has 2 aliphatic rings. The molecule has 2 heteroatoms. The predicted octanol–water partition coefficient (Wildman–Crippen LogP) is 4.96. The first kappa shape index (κ1) is 14.5. The van der Waals surface area contributed by atoms with Gasteiger partial charge in [-0.1, -0.05) is 67.8 Å². The molecular formula is C21H23NO. The van der Waals surface area contributed by atoms with Gasteiger partial charge in [-0.05, 0) is 36.0 Å². The third kappa shape index (κ3) is 2.67. The van der Waals surface area contributed by atoms with Crippen LogP contribution in [-0.4, -0.2) is 10.8 Å². The minimum absolute atomic E-state index is 0.208. The lowest BCUT2D eigenvalue weighted by molar-refractivity contribution is 0.0613. The van der Waals surface area contributed by atoms with Crippen LogP contribution in [0.3, 0.4) is 0 Å². The van der Waals surface area contributed by atoms with E-state index < -0.39 is 0 Å². The van der Waals surface area contributed by atoms with Crippen molar-refractivity contribution in [3.8, 4) is 0 Å². The van der Waals surface area contributed by atoms with Crippen molar-refractivity contribution >= 4 is 5.91 Å². The lowest BCUT2D eigenvalue weighted by atomic mass is 9.81. The molecule has 1 heterocycles. The van der Waals surface area contributed by atoms with Gasteiger partial charge in [-0.15, -0.1) is 0 Å². The van der Waals surface area contributed by atoms with E-state index in [9.17, 15) is 4.79 Å². The maximum absolute atomic E-state index is 13.0. The van der Waals surface area contributed by atoms with Gasteiger partial charge < -0.3 is 4.90 Å². The Bertz CT molecular complexity index is 688. The third-order valence-corrected chi connectivity index (χ3v) is 5.40. The summed E-state index contributed by atoms with van der Waals surface area (Å²) in [6, 6.07) is 18.9. The van der Waals surface area contributed by atoms with E-state index in [0.29, 0.717) is 5.92 Å². The number of fused-ring (bicyclic) bond motifs is 1. The Morgan fingerprint density at radius 2 is 1.57 bits per heavy atom. The van der Waals surface area contributed by atoms with Gasteiger partial charge in [-0.25, -0.2) is 0 Å². The van der Waals surface area contributed by atoms with Gasteiger partial charge in [0, 0.05) is 12.1 Å². The number of benzene rings is 2. The van der Waals surface area contributed by atoms with Crippen LogP contribution in [0, 0.1) is 5.92 Å². The molecule has 2 nitrogen and oxygen atoms in total. The number of carbonyl (C=O) groups is 1. The van der Waals surface area contributed by atoms with Crippen LogP contribution >= 0.6 is 0 Å². The molecule has 1 fully saturated rings. The molecule has 1 aliphatic carbocycles. The van der Waals surface area contributed by atoms with Crippen LogP contribution in [0.25, 0.3) is 0 Å².